The van der Waals surface area contributed by atoms with Gasteiger partial charge in [-0.2, -0.15) is 0 Å². The molecule has 136 valence electrons. The van der Waals surface area contributed by atoms with Gasteiger partial charge in [0, 0.05) is 33.3 Å². The van der Waals surface area contributed by atoms with Crippen LogP contribution in [-0.4, -0.2) is 71.2 Å². The third-order valence-corrected chi connectivity index (χ3v) is 4.25. The Hall–Kier alpha value is -0.940. The molecular formula is C15H27IN6O2. The Morgan fingerprint density at radius 1 is 1.42 bits per heavy atom. The number of methoxy groups -OCH3 is 1. The van der Waals surface area contributed by atoms with E-state index in [4.69, 9.17) is 14.5 Å². The highest BCUT2D eigenvalue weighted by atomic mass is 127. The number of hydrogen-bond donors (Lipinski definition) is 1. The van der Waals surface area contributed by atoms with Crippen molar-refractivity contribution in [3.8, 4) is 0 Å². The molecule has 1 unspecified atom stereocenters. The zero-order valence-electron chi connectivity index (χ0n) is 14.6. The summed E-state index contributed by atoms with van der Waals surface area (Å²) in [4.78, 5) is 7.04. The van der Waals surface area contributed by atoms with Crippen molar-refractivity contribution < 1.29 is 9.47 Å². The monoisotopic (exact) mass is 450 g/mol. The first kappa shape index (κ1) is 19.4. The summed E-state index contributed by atoms with van der Waals surface area (Å²) in [6, 6.07) is 0.554. The van der Waals surface area contributed by atoms with E-state index in [2.05, 4.69) is 20.4 Å². The number of morpholine rings is 1. The molecule has 1 saturated heterocycles. The van der Waals surface area contributed by atoms with Crippen LogP contribution in [-0.2, 0) is 23.1 Å². The molecule has 8 nitrogen and oxygen atoms in total. The average molecular weight is 450 g/mol. The number of nitrogens with one attached hydrogen (secondary N) is 1. The Morgan fingerprint density at radius 2 is 2.21 bits per heavy atom. The summed E-state index contributed by atoms with van der Waals surface area (Å²) >= 11 is 0. The van der Waals surface area contributed by atoms with Gasteiger partial charge in [0.1, 0.15) is 12.4 Å². The van der Waals surface area contributed by atoms with Crippen molar-refractivity contribution in [2.24, 2.45) is 12.0 Å². The van der Waals surface area contributed by atoms with Crippen molar-refractivity contribution in [1.29, 1.82) is 0 Å². The summed E-state index contributed by atoms with van der Waals surface area (Å²) in [5.41, 5.74) is 0. The Balaban J connectivity index is 0.00000208. The molecule has 1 aliphatic carbocycles. The molecule has 1 aliphatic heterocycles. The van der Waals surface area contributed by atoms with Gasteiger partial charge in [-0.3, -0.25) is 0 Å². The molecule has 9 heteroatoms. The Labute approximate surface area is 160 Å². The number of guanidine groups is 1. The van der Waals surface area contributed by atoms with Gasteiger partial charge in [-0.15, -0.1) is 34.2 Å². The molecule has 2 fully saturated rings. The van der Waals surface area contributed by atoms with Crippen molar-refractivity contribution in [3.05, 3.63) is 11.6 Å². The predicted molar refractivity (Wildman–Crippen MR) is 102 cm³/mol. The molecule has 0 spiro atoms. The van der Waals surface area contributed by atoms with E-state index in [0.717, 1.165) is 30.7 Å². The van der Waals surface area contributed by atoms with Gasteiger partial charge in [-0.25, -0.2) is 4.99 Å². The minimum absolute atomic E-state index is 0. The average Bonchev–Trinajstić information content (AvgIpc) is 3.32. The van der Waals surface area contributed by atoms with Gasteiger partial charge in [-0.1, -0.05) is 0 Å². The predicted octanol–water partition coefficient (Wildman–Crippen LogP) is 0.697. The molecule has 0 radical (unpaired) electrons. The van der Waals surface area contributed by atoms with Crippen molar-refractivity contribution in [1.82, 2.24) is 25.0 Å². The molecule has 0 amide bonds. The molecule has 0 bridgehead atoms. The maximum atomic E-state index is 5.73. The van der Waals surface area contributed by atoms with Crippen LogP contribution in [0.3, 0.4) is 0 Å². The fourth-order valence-corrected chi connectivity index (χ4v) is 2.58. The highest BCUT2D eigenvalue weighted by molar-refractivity contribution is 14.0. The topological polar surface area (TPSA) is 76.8 Å². The summed E-state index contributed by atoms with van der Waals surface area (Å²) in [7, 11) is 3.67. The van der Waals surface area contributed by atoms with Crippen molar-refractivity contribution in [3.63, 3.8) is 0 Å². The third kappa shape index (κ3) is 5.03. The van der Waals surface area contributed by atoms with Crippen LogP contribution in [0.25, 0.3) is 0 Å². The number of halogens is 1. The van der Waals surface area contributed by atoms with Crippen LogP contribution in [0.5, 0.6) is 0 Å². The van der Waals surface area contributed by atoms with Gasteiger partial charge in [0.15, 0.2) is 11.8 Å². The lowest BCUT2D eigenvalue weighted by atomic mass is 10.3. The van der Waals surface area contributed by atoms with Crippen LogP contribution >= 0.6 is 24.0 Å². The second-order valence-electron chi connectivity index (χ2n) is 6.18. The van der Waals surface area contributed by atoms with E-state index < -0.39 is 0 Å². The van der Waals surface area contributed by atoms with E-state index in [1.54, 1.807) is 7.11 Å². The summed E-state index contributed by atoms with van der Waals surface area (Å²) < 4.78 is 12.9. The van der Waals surface area contributed by atoms with Crippen LogP contribution in [0.1, 0.15) is 24.5 Å². The zero-order valence-corrected chi connectivity index (χ0v) is 16.9. The Morgan fingerprint density at radius 3 is 2.83 bits per heavy atom. The van der Waals surface area contributed by atoms with Crippen LogP contribution in [0, 0.1) is 6.92 Å². The standard InChI is InChI=1S/C15H26N6O2.HI/c1-11-18-19-14(20(11)2)8-16-15(17-12-4-5-12)21-6-7-23-13(9-21)10-22-3;/h12-13H,4-10H2,1-3H3,(H,16,17);1H. The summed E-state index contributed by atoms with van der Waals surface area (Å²) in [6.07, 6.45) is 2.53. The molecule has 0 aromatic carbocycles. The second kappa shape index (κ2) is 8.95. The maximum absolute atomic E-state index is 5.73. The van der Waals surface area contributed by atoms with Crippen LogP contribution in [0.4, 0.5) is 0 Å². The maximum Gasteiger partial charge on any atom is 0.194 e. The van der Waals surface area contributed by atoms with E-state index in [1.165, 1.54) is 12.8 Å². The third-order valence-electron chi connectivity index (χ3n) is 4.25. The van der Waals surface area contributed by atoms with Crippen molar-refractivity contribution >= 4 is 29.9 Å². The Bertz CT molecular complexity index is 558. The summed E-state index contributed by atoms with van der Waals surface area (Å²) in [5, 5.41) is 11.8. The van der Waals surface area contributed by atoms with Gasteiger partial charge in [0.2, 0.25) is 0 Å². The lowest BCUT2D eigenvalue weighted by Gasteiger charge is -2.35. The molecular weight excluding hydrogens is 423 g/mol. The van der Waals surface area contributed by atoms with E-state index in [-0.39, 0.29) is 30.1 Å². The molecule has 2 aliphatic rings. The first-order chi connectivity index (χ1) is 11.2. The minimum Gasteiger partial charge on any atom is -0.382 e. The molecule has 3 rings (SSSR count). The fraction of sp³-hybridized carbons (Fsp3) is 0.800. The smallest absolute Gasteiger partial charge is 0.194 e. The molecule has 1 saturated carbocycles. The highest BCUT2D eigenvalue weighted by Crippen LogP contribution is 2.19. The second-order valence-corrected chi connectivity index (χ2v) is 6.18. The normalized spacial score (nSPS) is 21.5. The number of hydrogen-bond acceptors (Lipinski definition) is 5. The molecule has 1 aromatic heterocycles. The van der Waals surface area contributed by atoms with Gasteiger partial charge in [0.05, 0.1) is 19.3 Å². The fourth-order valence-electron chi connectivity index (χ4n) is 2.58. The molecule has 1 atom stereocenters. The quantitative estimate of drug-likeness (QED) is 0.405. The van der Waals surface area contributed by atoms with Gasteiger partial charge in [0.25, 0.3) is 0 Å². The molecule has 1 N–H and O–H groups in total. The van der Waals surface area contributed by atoms with Crippen LogP contribution < -0.4 is 5.32 Å². The largest absolute Gasteiger partial charge is 0.382 e. The number of aryl methyl sites for hydroxylation is 1. The lowest BCUT2D eigenvalue weighted by molar-refractivity contribution is -0.0447. The Kier molecular flexibility index (Phi) is 7.23. The molecule has 2 heterocycles. The van der Waals surface area contributed by atoms with Crippen LogP contribution in [0.15, 0.2) is 4.99 Å². The van der Waals surface area contributed by atoms with Gasteiger partial charge >= 0.3 is 0 Å². The number of ether oxygens (including phenoxy) is 2. The highest BCUT2D eigenvalue weighted by Gasteiger charge is 2.28. The number of aliphatic imine (C=N–C) groups is 1. The summed E-state index contributed by atoms with van der Waals surface area (Å²) in [5.74, 6) is 2.72. The summed E-state index contributed by atoms with van der Waals surface area (Å²) in [6.45, 7) is 5.42. The molecule has 1 aromatic rings. The van der Waals surface area contributed by atoms with E-state index in [9.17, 15) is 0 Å². The minimum atomic E-state index is 0. The van der Waals surface area contributed by atoms with E-state index in [1.807, 2.05) is 18.5 Å². The SMILES string of the molecule is COCC1CN(C(=NCc2nnc(C)n2C)NC2CC2)CCO1.I. The van der Waals surface area contributed by atoms with Gasteiger partial charge < -0.3 is 24.3 Å². The van der Waals surface area contributed by atoms with E-state index >= 15 is 0 Å². The van der Waals surface area contributed by atoms with Crippen molar-refractivity contribution in [2.45, 2.75) is 38.5 Å². The van der Waals surface area contributed by atoms with Gasteiger partial charge in [-0.05, 0) is 19.8 Å². The van der Waals surface area contributed by atoms with Crippen LogP contribution in [0.2, 0.25) is 0 Å². The van der Waals surface area contributed by atoms with E-state index in [0.29, 0.717) is 25.8 Å². The first-order valence-electron chi connectivity index (χ1n) is 8.18. The lowest BCUT2D eigenvalue weighted by Crippen LogP contribution is -2.52. The zero-order chi connectivity index (χ0) is 16.2. The number of nitrogens with zero attached hydrogens (tertiary/aromatic N) is 5. The number of rotatable bonds is 5. The van der Waals surface area contributed by atoms with Crippen molar-refractivity contribution in [2.75, 3.05) is 33.4 Å². The first-order valence-corrected chi connectivity index (χ1v) is 8.18. The molecule has 24 heavy (non-hydrogen) atoms. The number of aromatic nitrogens is 3.